The number of carbonyl (C=O) groups excluding carboxylic acids is 3. The van der Waals surface area contributed by atoms with Crippen molar-refractivity contribution in [2.75, 3.05) is 4.90 Å². The maximum Gasteiger partial charge on any atom is 0.335 e. The summed E-state index contributed by atoms with van der Waals surface area (Å²) >= 11 is 12.1. The van der Waals surface area contributed by atoms with E-state index in [1.54, 1.807) is 0 Å². The number of carbonyl (C=O) groups is 3. The number of nitrogens with one attached hydrogen (secondary N) is 1. The van der Waals surface area contributed by atoms with Gasteiger partial charge in [-0.25, -0.2) is 9.69 Å². The summed E-state index contributed by atoms with van der Waals surface area (Å²) in [5, 5.41) is 2.69. The van der Waals surface area contributed by atoms with E-state index in [0.29, 0.717) is 10.6 Å². The first-order valence-corrected chi connectivity index (χ1v) is 10.6. The third-order valence-electron chi connectivity index (χ3n) is 5.31. The van der Waals surface area contributed by atoms with Crippen LogP contribution in [0, 0.1) is 20.8 Å². The highest BCUT2D eigenvalue weighted by molar-refractivity contribution is 6.42. The highest BCUT2D eigenvalue weighted by atomic mass is 35.5. The molecule has 0 spiro atoms. The van der Waals surface area contributed by atoms with Crippen molar-refractivity contribution in [2.24, 2.45) is 0 Å². The summed E-state index contributed by atoms with van der Waals surface area (Å²) in [5.41, 5.74) is 4.58. The van der Waals surface area contributed by atoms with E-state index in [0.717, 1.165) is 27.5 Å². The Morgan fingerprint density at radius 3 is 2.25 bits per heavy atom. The van der Waals surface area contributed by atoms with E-state index in [4.69, 9.17) is 23.2 Å². The molecule has 1 saturated heterocycles. The van der Waals surface area contributed by atoms with Crippen LogP contribution in [0.15, 0.2) is 54.1 Å². The first-order valence-electron chi connectivity index (χ1n) is 9.80. The topological polar surface area (TPSA) is 71.4 Å². The van der Waals surface area contributed by atoms with Gasteiger partial charge in [-0.15, -0.1) is 0 Å². The number of nitrogens with zero attached hydrogens (tertiary/aromatic N) is 2. The number of amides is 4. The fourth-order valence-corrected chi connectivity index (χ4v) is 4.21. The Hall–Kier alpha value is -3.35. The van der Waals surface area contributed by atoms with Gasteiger partial charge in [0.25, 0.3) is 11.8 Å². The lowest BCUT2D eigenvalue weighted by Crippen LogP contribution is -2.54. The molecule has 1 aromatic heterocycles. The largest absolute Gasteiger partial charge is 0.335 e. The standard InChI is InChI=1S/C24H19Cl2N3O3/c1-13-4-7-18(8-5-13)28-14(2)10-16(15(28)3)11-19-22(30)27-24(32)29(23(19)31)21-9-6-17(25)12-20(21)26/h4-12H,1-3H3,(H,27,30,32)/b19-11+. The minimum absolute atomic E-state index is 0.118. The molecule has 2 aromatic carbocycles. The van der Waals surface area contributed by atoms with Gasteiger partial charge >= 0.3 is 6.03 Å². The number of aromatic nitrogens is 1. The van der Waals surface area contributed by atoms with Crippen LogP contribution in [0.1, 0.15) is 22.5 Å². The third kappa shape index (κ3) is 3.83. The van der Waals surface area contributed by atoms with Crippen molar-refractivity contribution in [3.8, 4) is 5.69 Å². The lowest BCUT2D eigenvalue weighted by atomic mass is 10.1. The van der Waals surface area contributed by atoms with Crippen LogP contribution in [-0.4, -0.2) is 22.4 Å². The molecule has 6 nitrogen and oxygen atoms in total. The Kier molecular flexibility index (Phi) is 5.67. The van der Waals surface area contributed by atoms with Gasteiger partial charge in [-0.1, -0.05) is 40.9 Å². The van der Waals surface area contributed by atoms with Gasteiger partial charge < -0.3 is 4.57 Å². The van der Waals surface area contributed by atoms with Gasteiger partial charge in [0.15, 0.2) is 0 Å². The van der Waals surface area contributed by atoms with E-state index < -0.39 is 17.8 Å². The van der Waals surface area contributed by atoms with Gasteiger partial charge in [0, 0.05) is 22.1 Å². The molecule has 0 bridgehead atoms. The highest BCUT2D eigenvalue weighted by Crippen LogP contribution is 2.32. The molecule has 1 aliphatic heterocycles. The van der Waals surface area contributed by atoms with Crippen molar-refractivity contribution < 1.29 is 14.4 Å². The second-order valence-corrected chi connectivity index (χ2v) is 8.39. The van der Waals surface area contributed by atoms with E-state index >= 15 is 0 Å². The summed E-state index contributed by atoms with van der Waals surface area (Å²) in [6, 6.07) is 13.5. The van der Waals surface area contributed by atoms with Crippen LogP contribution in [0.2, 0.25) is 10.0 Å². The van der Waals surface area contributed by atoms with Gasteiger partial charge in [-0.3, -0.25) is 14.9 Å². The molecule has 162 valence electrons. The third-order valence-corrected chi connectivity index (χ3v) is 5.85. The second-order valence-electron chi connectivity index (χ2n) is 7.55. The Bertz CT molecular complexity index is 1310. The van der Waals surface area contributed by atoms with Gasteiger partial charge in [0.2, 0.25) is 0 Å². The van der Waals surface area contributed by atoms with Gasteiger partial charge in [0.05, 0.1) is 10.7 Å². The van der Waals surface area contributed by atoms with Crippen LogP contribution >= 0.6 is 23.2 Å². The molecule has 2 heterocycles. The molecule has 0 unspecified atom stereocenters. The highest BCUT2D eigenvalue weighted by Gasteiger charge is 2.38. The molecule has 0 atom stereocenters. The van der Waals surface area contributed by atoms with Crippen LogP contribution in [0.3, 0.4) is 0 Å². The predicted octanol–water partition coefficient (Wildman–Crippen LogP) is 5.38. The molecular weight excluding hydrogens is 449 g/mol. The zero-order chi connectivity index (χ0) is 23.2. The number of hydrogen-bond acceptors (Lipinski definition) is 3. The molecule has 1 fully saturated rings. The maximum absolute atomic E-state index is 13.2. The maximum atomic E-state index is 13.2. The number of hydrogen-bond donors (Lipinski definition) is 1. The first kappa shape index (κ1) is 21.9. The lowest BCUT2D eigenvalue weighted by Gasteiger charge is -2.27. The smallest absolute Gasteiger partial charge is 0.318 e. The van der Waals surface area contributed by atoms with Crippen LogP contribution in [-0.2, 0) is 9.59 Å². The fourth-order valence-electron chi connectivity index (χ4n) is 3.72. The fraction of sp³-hybridized carbons (Fsp3) is 0.125. The molecule has 4 rings (SSSR count). The Balaban J connectivity index is 1.77. The molecule has 3 aromatic rings. The van der Waals surface area contributed by atoms with Crippen molar-refractivity contribution in [3.63, 3.8) is 0 Å². The summed E-state index contributed by atoms with van der Waals surface area (Å²) in [6.07, 6.45) is 1.49. The Labute approximate surface area is 195 Å². The average molecular weight is 468 g/mol. The van der Waals surface area contributed by atoms with Crippen molar-refractivity contribution in [1.82, 2.24) is 9.88 Å². The van der Waals surface area contributed by atoms with E-state index in [2.05, 4.69) is 5.32 Å². The van der Waals surface area contributed by atoms with Crippen molar-refractivity contribution in [2.45, 2.75) is 20.8 Å². The van der Waals surface area contributed by atoms with E-state index in [1.807, 2.05) is 55.7 Å². The molecule has 1 N–H and O–H groups in total. The van der Waals surface area contributed by atoms with Gasteiger partial charge in [0.1, 0.15) is 5.57 Å². The normalized spacial score (nSPS) is 15.5. The number of imide groups is 2. The molecule has 0 saturated carbocycles. The molecule has 0 aliphatic carbocycles. The molecule has 8 heteroatoms. The first-order chi connectivity index (χ1) is 15.2. The summed E-state index contributed by atoms with van der Waals surface area (Å²) < 4.78 is 2.04. The molecule has 4 amide bonds. The predicted molar refractivity (Wildman–Crippen MR) is 125 cm³/mol. The Morgan fingerprint density at radius 2 is 1.59 bits per heavy atom. The number of urea groups is 1. The van der Waals surface area contributed by atoms with E-state index in [9.17, 15) is 14.4 Å². The lowest BCUT2D eigenvalue weighted by molar-refractivity contribution is -0.122. The number of aryl methyl sites for hydroxylation is 2. The molecule has 0 radical (unpaired) electrons. The number of benzene rings is 2. The zero-order valence-electron chi connectivity index (χ0n) is 17.6. The minimum atomic E-state index is -0.869. The monoisotopic (exact) mass is 467 g/mol. The molecular formula is C24H19Cl2N3O3. The number of rotatable bonds is 3. The SMILES string of the molecule is Cc1ccc(-n2c(C)cc(/C=C3\C(=O)NC(=O)N(c4ccc(Cl)cc4Cl)C3=O)c2C)cc1. The average Bonchev–Trinajstić information content (AvgIpc) is 3.00. The van der Waals surface area contributed by atoms with E-state index in [1.165, 1.54) is 24.3 Å². The van der Waals surface area contributed by atoms with Gasteiger partial charge in [-0.05, 0) is 68.8 Å². The summed E-state index contributed by atoms with van der Waals surface area (Å²) in [4.78, 5) is 39.0. The quantitative estimate of drug-likeness (QED) is 0.415. The Morgan fingerprint density at radius 1 is 0.906 bits per heavy atom. The van der Waals surface area contributed by atoms with Gasteiger partial charge in [-0.2, -0.15) is 0 Å². The van der Waals surface area contributed by atoms with Crippen LogP contribution < -0.4 is 10.2 Å². The number of halogens is 2. The summed E-state index contributed by atoms with van der Waals surface area (Å²) in [6.45, 7) is 5.87. The minimum Gasteiger partial charge on any atom is -0.318 e. The van der Waals surface area contributed by atoms with Crippen LogP contribution in [0.25, 0.3) is 11.8 Å². The van der Waals surface area contributed by atoms with Crippen LogP contribution in [0.5, 0.6) is 0 Å². The number of anilines is 1. The van der Waals surface area contributed by atoms with Crippen molar-refractivity contribution in [3.05, 3.63) is 86.7 Å². The van der Waals surface area contributed by atoms with Crippen molar-refractivity contribution >= 4 is 52.8 Å². The van der Waals surface area contributed by atoms with E-state index in [-0.39, 0.29) is 16.3 Å². The molecule has 32 heavy (non-hydrogen) atoms. The molecule has 1 aliphatic rings. The zero-order valence-corrected chi connectivity index (χ0v) is 19.1. The summed E-state index contributed by atoms with van der Waals surface area (Å²) in [5.74, 6) is -1.52. The second kappa shape index (κ2) is 8.30. The van der Waals surface area contributed by atoms with Crippen LogP contribution in [0.4, 0.5) is 10.5 Å². The van der Waals surface area contributed by atoms with Crippen molar-refractivity contribution in [1.29, 1.82) is 0 Å². The number of barbiturate groups is 1. The summed E-state index contributed by atoms with van der Waals surface area (Å²) in [7, 11) is 0.